The van der Waals surface area contributed by atoms with Gasteiger partial charge in [0, 0.05) is 34.2 Å². The number of hydrogen-bond acceptors (Lipinski definition) is 2. The van der Waals surface area contributed by atoms with E-state index < -0.39 is 0 Å². The van der Waals surface area contributed by atoms with Crippen LogP contribution in [0.5, 0.6) is 0 Å². The fourth-order valence-corrected chi connectivity index (χ4v) is 1.60. The molecular weight excluding hydrogens is 230 g/mol. The first kappa shape index (κ1) is 12.1. The molecule has 1 unspecified atom stereocenters. The molecular formula is C11H15FeN3. The van der Waals surface area contributed by atoms with E-state index in [4.69, 9.17) is 5.73 Å². The van der Waals surface area contributed by atoms with Gasteiger partial charge >= 0.3 is 0 Å². The van der Waals surface area contributed by atoms with Crippen molar-refractivity contribution in [3.05, 3.63) is 24.4 Å². The molecule has 0 bridgehead atoms. The molecule has 0 radical (unpaired) electrons. The van der Waals surface area contributed by atoms with Gasteiger partial charge in [0.05, 0.1) is 11.7 Å². The zero-order valence-electron chi connectivity index (χ0n) is 8.92. The van der Waals surface area contributed by atoms with E-state index in [-0.39, 0.29) is 17.1 Å². The molecule has 0 aliphatic carbocycles. The van der Waals surface area contributed by atoms with E-state index >= 15 is 0 Å². The molecule has 0 saturated heterocycles. The minimum absolute atomic E-state index is 0. The molecule has 1 atom stereocenters. The Hall–Kier alpha value is -0.991. The van der Waals surface area contributed by atoms with Crippen LogP contribution in [0.1, 0.15) is 26.3 Å². The summed E-state index contributed by atoms with van der Waals surface area (Å²) < 4.78 is 2.05. The van der Waals surface area contributed by atoms with Crippen molar-refractivity contribution in [3.8, 4) is 0 Å². The van der Waals surface area contributed by atoms with Gasteiger partial charge in [-0.15, -0.1) is 0 Å². The summed E-state index contributed by atoms with van der Waals surface area (Å²) in [6.45, 7) is 4.33. The molecule has 1 heterocycles. The van der Waals surface area contributed by atoms with E-state index in [1.807, 2.05) is 24.4 Å². The Bertz CT molecular complexity index is 450. The molecule has 0 aliphatic heterocycles. The van der Waals surface area contributed by atoms with Gasteiger partial charge in [-0.05, 0) is 31.5 Å². The van der Waals surface area contributed by atoms with Gasteiger partial charge in [0.2, 0.25) is 0 Å². The van der Waals surface area contributed by atoms with Gasteiger partial charge in [-0.2, -0.15) is 5.10 Å². The maximum Gasteiger partial charge on any atom is 0.0687 e. The summed E-state index contributed by atoms with van der Waals surface area (Å²) in [5, 5.41) is 5.48. The second kappa shape index (κ2) is 4.69. The molecule has 2 aromatic rings. The molecule has 4 heteroatoms. The van der Waals surface area contributed by atoms with Crippen LogP contribution in [-0.4, -0.2) is 9.78 Å². The van der Waals surface area contributed by atoms with Crippen LogP contribution >= 0.6 is 0 Å². The minimum atomic E-state index is 0. The average molecular weight is 245 g/mol. The number of benzene rings is 1. The van der Waals surface area contributed by atoms with Crippen molar-refractivity contribution in [2.24, 2.45) is 0 Å². The maximum absolute atomic E-state index is 5.70. The predicted octanol–water partition coefficient (Wildman–Crippen LogP) is 2.59. The maximum atomic E-state index is 5.70. The van der Waals surface area contributed by atoms with Crippen LogP contribution in [0.4, 0.5) is 5.69 Å². The third-order valence-electron chi connectivity index (χ3n) is 2.63. The smallest absolute Gasteiger partial charge is 0.0687 e. The van der Waals surface area contributed by atoms with Crippen LogP contribution in [0, 0.1) is 0 Å². The van der Waals surface area contributed by atoms with Crippen LogP contribution in [-0.2, 0) is 17.1 Å². The molecule has 2 rings (SSSR count). The molecule has 0 saturated carbocycles. The summed E-state index contributed by atoms with van der Waals surface area (Å²) in [5.41, 5.74) is 7.66. The van der Waals surface area contributed by atoms with Crippen molar-refractivity contribution < 1.29 is 17.1 Å². The first-order valence-corrected chi connectivity index (χ1v) is 4.95. The van der Waals surface area contributed by atoms with Gasteiger partial charge in [-0.3, -0.25) is 4.68 Å². The van der Waals surface area contributed by atoms with E-state index in [0.717, 1.165) is 23.0 Å². The van der Waals surface area contributed by atoms with Crippen molar-refractivity contribution in [1.82, 2.24) is 9.78 Å². The zero-order valence-corrected chi connectivity index (χ0v) is 10.0. The van der Waals surface area contributed by atoms with Gasteiger partial charge in [0.1, 0.15) is 0 Å². The summed E-state index contributed by atoms with van der Waals surface area (Å²) >= 11 is 0. The zero-order chi connectivity index (χ0) is 10.1. The molecule has 0 fully saturated rings. The SMILES string of the molecule is CCC(C)n1ncc2cc(N)ccc21.[Fe]. The Morgan fingerprint density at radius 3 is 2.87 bits per heavy atom. The molecule has 2 N–H and O–H groups in total. The third-order valence-corrected chi connectivity index (χ3v) is 2.63. The fourth-order valence-electron chi connectivity index (χ4n) is 1.60. The Morgan fingerprint density at radius 1 is 1.47 bits per heavy atom. The molecule has 1 aromatic heterocycles. The minimum Gasteiger partial charge on any atom is -0.399 e. The Morgan fingerprint density at radius 2 is 2.20 bits per heavy atom. The first-order chi connectivity index (χ1) is 6.72. The van der Waals surface area contributed by atoms with Crippen LogP contribution < -0.4 is 5.73 Å². The molecule has 15 heavy (non-hydrogen) atoms. The van der Waals surface area contributed by atoms with Crippen LogP contribution in [0.15, 0.2) is 24.4 Å². The summed E-state index contributed by atoms with van der Waals surface area (Å²) in [4.78, 5) is 0. The van der Waals surface area contributed by atoms with Crippen LogP contribution in [0.25, 0.3) is 10.9 Å². The Kier molecular flexibility index (Phi) is 3.77. The Balaban J connectivity index is 0.00000112. The number of rotatable bonds is 2. The van der Waals surface area contributed by atoms with Crippen LogP contribution in [0.2, 0.25) is 0 Å². The molecule has 0 amide bonds. The molecule has 3 nitrogen and oxygen atoms in total. The van der Waals surface area contributed by atoms with Gasteiger partial charge in [0.15, 0.2) is 0 Å². The van der Waals surface area contributed by atoms with Gasteiger partial charge < -0.3 is 5.73 Å². The molecule has 0 spiro atoms. The number of fused-ring (bicyclic) bond motifs is 1. The number of hydrogen-bond donors (Lipinski definition) is 1. The molecule has 0 aliphatic rings. The van der Waals surface area contributed by atoms with Crippen molar-refractivity contribution in [2.75, 3.05) is 5.73 Å². The normalized spacial score (nSPS) is 12.4. The summed E-state index contributed by atoms with van der Waals surface area (Å²) in [6.07, 6.45) is 2.96. The third kappa shape index (κ3) is 2.16. The van der Waals surface area contributed by atoms with E-state index in [0.29, 0.717) is 6.04 Å². The van der Waals surface area contributed by atoms with Crippen molar-refractivity contribution >= 4 is 16.6 Å². The van der Waals surface area contributed by atoms with Gasteiger partial charge in [0.25, 0.3) is 0 Å². The number of nitrogens with two attached hydrogens (primary N) is 1. The van der Waals surface area contributed by atoms with Crippen LogP contribution in [0.3, 0.4) is 0 Å². The Labute approximate surface area is 100 Å². The average Bonchev–Trinajstić information content (AvgIpc) is 2.59. The summed E-state index contributed by atoms with van der Waals surface area (Å²) in [5.74, 6) is 0. The summed E-state index contributed by atoms with van der Waals surface area (Å²) in [7, 11) is 0. The number of nitrogens with zero attached hydrogens (tertiary/aromatic N) is 2. The monoisotopic (exact) mass is 245 g/mol. The number of nitrogen functional groups attached to an aromatic ring is 1. The standard InChI is InChI=1S/C11H15N3.Fe/c1-3-8(2)14-11-5-4-10(12)6-9(11)7-13-14;/h4-8H,3,12H2,1-2H3;. The second-order valence-corrected chi connectivity index (χ2v) is 3.66. The molecule has 82 valence electrons. The summed E-state index contributed by atoms with van der Waals surface area (Å²) in [6, 6.07) is 6.35. The van der Waals surface area contributed by atoms with Crippen molar-refractivity contribution in [1.29, 1.82) is 0 Å². The fraction of sp³-hybridized carbons (Fsp3) is 0.364. The topological polar surface area (TPSA) is 43.8 Å². The molecule has 1 aromatic carbocycles. The first-order valence-electron chi connectivity index (χ1n) is 4.95. The number of aromatic nitrogens is 2. The van der Waals surface area contributed by atoms with Gasteiger partial charge in [-0.25, -0.2) is 0 Å². The quantitative estimate of drug-likeness (QED) is 0.652. The van der Waals surface area contributed by atoms with E-state index in [1.165, 1.54) is 0 Å². The predicted molar refractivity (Wildman–Crippen MR) is 59.1 cm³/mol. The second-order valence-electron chi connectivity index (χ2n) is 3.66. The van der Waals surface area contributed by atoms with E-state index in [2.05, 4.69) is 23.6 Å². The number of anilines is 1. The van der Waals surface area contributed by atoms with E-state index in [1.54, 1.807) is 0 Å². The van der Waals surface area contributed by atoms with Crippen molar-refractivity contribution in [2.45, 2.75) is 26.3 Å². The largest absolute Gasteiger partial charge is 0.399 e. The van der Waals surface area contributed by atoms with Gasteiger partial charge in [-0.1, -0.05) is 6.92 Å². The van der Waals surface area contributed by atoms with Crippen molar-refractivity contribution in [3.63, 3.8) is 0 Å². The van der Waals surface area contributed by atoms with E-state index in [9.17, 15) is 0 Å².